The number of nitrogens with zero attached hydrogens (tertiary/aromatic N) is 2. The zero-order chi connectivity index (χ0) is 14.8. The highest BCUT2D eigenvalue weighted by molar-refractivity contribution is 9.10. The minimum Gasteiger partial charge on any atom is -0.324 e. The minimum atomic E-state index is -0.220. The van der Waals surface area contributed by atoms with E-state index in [1.54, 1.807) is 6.07 Å². The van der Waals surface area contributed by atoms with Crippen molar-refractivity contribution in [3.8, 4) is 11.3 Å². The average molecular weight is 345 g/mol. The molecule has 0 unspecified atom stereocenters. The van der Waals surface area contributed by atoms with E-state index in [9.17, 15) is 4.79 Å². The summed E-state index contributed by atoms with van der Waals surface area (Å²) >= 11 is 3.42. The monoisotopic (exact) mass is 344 g/mol. The van der Waals surface area contributed by atoms with E-state index in [0.717, 1.165) is 21.4 Å². The summed E-state index contributed by atoms with van der Waals surface area (Å²) in [6, 6.07) is 11.6. The van der Waals surface area contributed by atoms with E-state index >= 15 is 0 Å². The number of aromatic nitrogens is 2. The number of imidazole rings is 1. The Morgan fingerprint density at radius 1 is 1.19 bits per heavy atom. The zero-order valence-electron chi connectivity index (χ0n) is 11.1. The van der Waals surface area contributed by atoms with Crippen LogP contribution in [0.4, 0.5) is 5.69 Å². The van der Waals surface area contributed by atoms with Crippen LogP contribution in [0.25, 0.3) is 16.9 Å². The fourth-order valence-corrected chi connectivity index (χ4v) is 2.30. The van der Waals surface area contributed by atoms with Gasteiger partial charge in [0, 0.05) is 22.4 Å². The Bertz CT molecular complexity index is 795. The van der Waals surface area contributed by atoms with Gasteiger partial charge in [0.25, 0.3) is 0 Å². The van der Waals surface area contributed by atoms with Crippen LogP contribution in [-0.2, 0) is 4.79 Å². The molecule has 0 spiro atoms. The molecule has 21 heavy (non-hydrogen) atoms. The Morgan fingerprint density at radius 2 is 1.95 bits per heavy atom. The summed E-state index contributed by atoms with van der Waals surface area (Å²) in [6.45, 7) is -0.0356. The summed E-state index contributed by atoms with van der Waals surface area (Å²) in [5.74, 6) is -0.220. The predicted octanol–water partition coefficient (Wildman–Crippen LogP) is 2.66. The molecule has 0 atom stereocenters. The number of nitrogens with two attached hydrogens (primary N) is 1. The number of carbonyl (C=O) groups is 1. The van der Waals surface area contributed by atoms with Crippen LogP contribution in [0.2, 0.25) is 0 Å². The third kappa shape index (κ3) is 2.96. The quantitative estimate of drug-likeness (QED) is 0.767. The third-order valence-corrected chi connectivity index (χ3v) is 3.59. The fourth-order valence-electron chi connectivity index (χ4n) is 2.04. The summed E-state index contributed by atoms with van der Waals surface area (Å²) in [5.41, 5.74) is 8.72. The average Bonchev–Trinajstić information content (AvgIpc) is 2.91. The molecule has 0 aliphatic carbocycles. The molecule has 5 nitrogen and oxygen atoms in total. The lowest BCUT2D eigenvalue weighted by Crippen LogP contribution is -2.21. The van der Waals surface area contributed by atoms with Crippen molar-refractivity contribution < 1.29 is 4.79 Å². The van der Waals surface area contributed by atoms with E-state index in [1.165, 1.54) is 0 Å². The highest BCUT2D eigenvalue weighted by atomic mass is 79.9. The van der Waals surface area contributed by atoms with Gasteiger partial charge >= 0.3 is 0 Å². The molecule has 0 aliphatic heterocycles. The molecular weight excluding hydrogens is 332 g/mol. The van der Waals surface area contributed by atoms with E-state index in [0.29, 0.717) is 5.69 Å². The highest BCUT2D eigenvalue weighted by Crippen LogP contribution is 2.22. The number of benzene rings is 1. The maximum Gasteiger partial charge on any atom is 0.238 e. The van der Waals surface area contributed by atoms with Crippen LogP contribution in [-0.4, -0.2) is 21.8 Å². The van der Waals surface area contributed by atoms with Crippen molar-refractivity contribution in [2.75, 3.05) is 11.9 Å². The van der Waals surface area contributed by atoms with Crippen LogP contribution >= 0.6 is 15.9 Å². The molecule has 6 heteroatoms. The molecule has 0 saturated carbocycles. The van der Waals surface area contributed by atoms with Crippen LogP contribution in [0, 0.1) is 0 Å². The molecule has 0 aliphatic rings. The number of rotatable bonds is 3. The van der Waals surface area contributed by atoms with Gasteiger partial charge in [0.2, 0.25) is 5.91 Å². The van der Waals surface area contributed by atoms with Gasteiger partial charge in [-0.25, -0.2) is 4.98 Å². The van der Waals surface area contributed by atoms with Crippen molar-refractivity contribution >= 4 is 33.2 Å². The molecule has 2 aromatic heterocycles. The molecule has 0 saturated heterocycles. The summed E-state index contributed by atoms with van der Waals surface area (Å²) < 4.78 is 2.91. The number of amides is 1. The van der Waals surface area contributed by atoms with E-state index in [-0.39, 0.29) is 12.5 Å². The van der Waals surface area contributed by atoms with Crippen LogP contribution in [0.3, 0.4) is 0 Å². The summed E-state index contributed by atoms with van der Waals surface area (Å²) in [4.78, 5) is 15.9. The number of nitrogens with one attached hydrogen (secondary N) is 1. The van der Waals surface area contributed by atoms with Crippen molar-refractivity contribution in [1.29, 1.82) is 0 Å². The molecule has 106 valence electrons. The molecule has 0 bridgehead atoms. The first-order valence-electron chi connectivity index (χ1n) is 6.40. The summed E-state index contributed by atoms with van der Waals surface area (Å²) in [7, 11) is 0. The van der Waals surface area contributed by atoms with Gasteiger partial charge < -0.3 is 15.5 Å². The van der Waals surface area contributed by atoms with Gasteiger partial charge in [0.1, 0.15) is 5.65 Å². The van der Waals surface area contributed by atoms with E-state index < -0.39 is 0 Å². The SMILES string of the molecule is NCC(=O)Nc1ccc2nc(-c3ccc(Br)cc3)cn2c1. The van der Waals surface area contributed by atoms with Gasteiger partial charge in [-0.05, 0) is 24.3 Å². The molecule has 1 aromatic carbocycles. The highest BCUT2D eigenvalue weighted by Gasteiger charge is 2.06. The molecule has 3 rings (SSSR count). The van der Waals surface area contributed by atoms with Crippen molar-refractivity contribution in [3.63, 3.8) is 0 Å². The summed E-state index contributed by atoms with van der Waals surface area (Å²) in [6.07, 6.45) is 3.74. The maximum atomic E-state index is 11.3. The number of fused-ring (bicyclic) bond motifs is 1. The first kappa shape index (κ1) is 13.8. The maximum absolute atomic E-state index is 11.3. The van der Waals surface area contributed by atoms with Gasteiger partial charge in [0.15, 0.2) is 0 Å². The first-order valence-corrected chi connectivity index (χ1v) is 7.19. The van der Waals surface area contributed by atoms with Crippen molar-refractivity contribution in [2.24, 2.45) is 5.73 Å². The topological polar surface area (TPSA) is 72.4 Å². The number of halogens is 1. The number of anilines is 1. The van der Waals surface area contributed by atoms with Gasteiger partial charge in [0.05, 0.1) is 17.9 Å². The van der Waals surface area contributed by atoms with Crippen LogP contribution in [0.15, 0.2) is 53.3 Å². The number of pyridine rings is 1. The predicted molar refractivity (Wildman–Crippen MR) is 86.0 cm³/mol. The first-order chi connectivity index (χ1) is 10.2. The Kier molecular flexibility index (Phi) is 3.72. The smallest absolute Gasteiger partial charge is 0.238 e. The molecule has 1 amide bonds. The van der Waals surface area contributed by atoms with Gasteiger partial charge in [-0.1, -0.05) is 28.1 Å². The molecule has 0 fully saturated rings. The Balaban J connectivity index is 1.96. The fraction of sp³-hybridized carbons (Fsp3) is 0.0667. The van der Waals surface area contributed by atoms with Crippen molar-refractivity contribution in [2.45, 2.75) is 0 Å². The third-order valence-electron chi connectivity index (χ3n) is 3.06. The molecule has 0 radical (unpaired) electrons. The van der Waals surface area contributed by atoms with E-state index in [2.05, 4.69) is 26.2 Å². The molecule has 3 N–H and O–H groups in total. The lowest BCUT2D eigenvalue weighted by atomic mass is 10.2. The number of hydrogen-bond acceptors (Lipinski definition) is 3. The number of hydrogen-bond donors (Lipinski definition) is 2. The number of carbonyl (C=O) groups excluding carboxylic acids is 1. The van der Waals surface area contributed by atoms with Gasteiger partial charge in [-0.15, -0.1) is 0 Å². The van der Waals surface area contributed by atoms with E-state index in [4.69, 9.17) is 5.73 Å². The van der Waals surface area contributed by atoms with Crippen LogP contribution in [0.1, 0.15) is 0 Å². The zero-order valence-corrected chi connectivity index (χ0v) is 12.7. The van der Waals surface area contributed by atoms with Crippen molar-refractivity contribution in [3.05, 3.63) is 53.3 Å². The lowest BCUT2D eigenvalue weighted by Gasteiger charge is -2.03. The van der Waals surface area contributed by atoms with Gasteiger partial charge in [-0.2, -0.15) is 0 Å². The Labute approximate surface area is 129 Å². The molecule has 2 heterocycles. The van der Waals surface area contributed by atoms with Crippen LogP contribution < -0.4 is 11.1 Å². The van der Waals surface area contributed by atoms with Crippen molar-refractivity contribution in [1.82, 2.24) is 9.38 Å². The minimum absolute atomic E-state index is 0.0356. The Hall–Kier alpha value is -2.18. The largest absolute Gasteiger partial charge is 0.324 e. The van der Waals surface area contributed by atoms with Gasteiger partial charge in [-0.3, -0.25) is 4.79 Å². The second-order valence-electron chi connectivity index (χ2n) is 4.57. The van der Waals surface area contributed by atoms with E-state index in [1.807, 2.05) is 47.1 Å². The second kappa shape index (κ2) is 5.67. The Morgan fingerprint density at radius 3 is 2.67 bits per heavy atom. The summed E-state index contributed by atoms with van der Waals surface area (Å²) in [5, 5.41) is 2.72. The molecular formula is C15H13BrN4O. The molecule has 3 aromatic rings. The second-order valence-corrected chi connectivity index (χ2v) is 5.48. The standard InChI is InChI=1S/C15H13BrN4O/c16-11-3-1-10(2-4-11)13-9-20-8-12(18-15(21)7-17)5-6-14(20)19-13/h1-6,8-9H,7,17H2,(H,18,21). The normalized spacial score (nSPS) is 10.8. The lowest BCUT2D eigenvalue weighted by molar-refractivity contribution is -0.114. The van der Waals surface area contributed by atoms with Crippen LogP contribution in [0.5, 0.6) is 0 Å².